The van der Waals surface area contributed by atoms with E-state index in [1.807, 2.05) is 0 Å². The Bertz CT molecular complexity index is 785. The number of carbonyl (C=O) groups is 1. The summed E-state index contributed by atoms with van der Waals surface area (Å²) >= 11 is 5.83. The minimum absolute atomic E-state index is 0.0659. The molecule has 9 heteroatoms. The number of benzene rings is 1. The molecule has 0 saturated heterocycles. The molecule has 2 aromatic rings. The van der Waals surface area contributed by atoms with Gasteiger partial charge < -0.3 is 9.63 Å². The lowest BCUT2D eigenvalue weighted by atomic mass is 10.2. The number of aromatic carboxylic acids is 1. The molecule has 0 spiro atoms. The van der Waals surface area contributed by atoms with Crippen LogP contribution in [0.4, 0.5) is 0 Å². The van der Waals surface area contributed by atoms with Crippen LogP contribution in [0.2, 0.25) is 5.02 Å². The number of hydrogen-bond donors (Lipinski definition) is 2. The molecule has 112 valence electrons. The van der Waals surface area contributed by atoms with Gasteiger partial charge in [0.1, 0.15) is 10.7 Å². The molecule has 21 heavy (non-hydrogen) atoms. The van der Waals surface area contributed by atoms with Crippen molar-refractivity contribution in [3.63, 3.8) is 0 Å². The molecule has 2 rings (SSSR count). The molecule has 0 aliphatic carbocycles. The lowest BCUT2D eigenvalue weighted by molar-refractivity contribution is 0.0696. The van der Waals surface area contributed by atoms with Gasteiger partial charge in [-0.05, 0) is 25.1 Å². The third-order valence-electron chi connectivity index (χ3n) is 2.59. The number of rotatable bonds is 5. The van der Waals surface area contributed by atoms with Crippen LogP contribution in [-0.4, -0.2) is 24.7 Å². The lowest BCUT2D eigenvalue weighted by Crippen LogP contribution is -2.24. The highest BCUT2D eigenvalue weighted by Crippen LogP contribution is 2.22. The molecule has 1 heterocycles. The molecule has 0 unspecified atom stereocenters. The number of halogens is 1. The molecule has 1 aromatic carbocycles. The lowest BCUT2D eigenvalue weighted by Gasteiger charge is -2.08. The summed E-state index contributed by atoms with van der Waals surface area (Å²) in [5.74, 6) is -0.689. The maximum Gasteiger partial charge on any atom is 0.335 e. The first-order valence-corrected chi connectivity index (χ1v) is 7.60. The number of nitrogens with one attached hydrogen (secondary N) is 1. The fourth-order valence-corrected chi connectivity index (χ4v) is 3.11. The van der Waals surface area contributed by atoms with E-state index in [0.717, 1.165) is 6.07 Å². The highest BCUT2D eigenvalue weighted by atomic mass is 35.5. The second kappa shape index (κ2) is 5.84. The summed E-state index contributed by atoms with van der Waals surface area (Å²) in [4.78, 5) is 10.6. The van der Waals surface area contributed by atoms with Crippen LogP contribution in [0.15, 0.2) is 33.7 Å². The number of aryl methyl sites for hydroxylation is 1. The summed E-state index contributed by atoms with van der Waals surface area (Å²) in [5.41, 5.74) is 0.235. The zero-order valence-corrected chi connectivity index (χ0v) is 12.4. The molecule has 0 atom stereocenters. The maximum absolute atomic E-state index is 12.2. The maximum atomic E-state index is 12.2. The van der Waals surface area contributed by atoms with E-state index in [-0.39, 0.29) is 22.0 Å². The van der Waals surface area contributed by atoms with Crippen molar-refractivity contribution in [1.82, 2.24) is 9.88 Å². The second-order valence-electron chi connectivity index (χ2n) is 4.20. The number of nitrogens with zero attached hydrogens (tertiary/aromatic N) is 1. The standard InChI is InChI=1S/C12H11ClN2O5S/c1-7-4-9(15-20-7)6-14-21(18,19)11-5-8(12(16)17)2-3-10(11)13/h2-5,14H,6H2,1H3,(H,16,17). The summed E-state index contributed by atoms with van der Waals surface area (Å²) in [7, 11) is -3.96. The zero-order chi connectivity index (χ0) is 15.6. The Kier molecular flexibility index (Phi) is 4.31. The van der Waals surface area contributed by atoms with Crippen LogP contribution in [0.25, 0.3) is 0 Å². The molecule has 0 fully saturated rings. The van der Waals surface area contributed by atoms with Gasteiger partial charge in [-0.25, -0.2) is 17.9 Å². The molecule has 0 saturated carbocycles. The first-order chi connectivity index (χ1) is 9.79. The SMILES string of the molecule is Cc1cc(CNS(=O)(=O)c2cc(C(=O)O)ccc2Cl)no1. The Labute approximate surface area is 125 Å². The Hall–Kier alpha value is -1.90. The molecular weight excluding hydrogens is 320 g/mol. The Morgan fingerprint density at radius 1 is 1.43 bits per heavy atom. The van der Waals surface area contributed by atoms with Crippen molar-refractivity contribution in [2.24, 2.45) is 0 Å². The fraction of sp³-hybridized carbons (Fsp3) is 0.167. The van der Waals surface area contributed by atoms with E-state index in [0.29, 0.717) is 11.5 Å². The van der Waals surface area contributed by atoms with Crippen molar-refractivity contribution < 1.29 is 22.8 Å². The van der Waals surface area contributed by atoms with Crippen LogP contribution in [0.1, 0.15) is 21.8 Å². The van der Waals surface area contributed by atoms with Crippen LogP contribution in [0, 0.1) is 6.92 Å². The summed E-state index contributed by atoms with van der Waals surface area (Å²) < 4.78 is 31.4. The van der Waals surface area contributed by atoms with Crippen molar-refractivity contribution in [3.05, 3.63) is 46.3 Å². The van der Waals surface area contributed by atoms with Crippen molar-refractivity contribution >= 4 is 27.6 Å². The van der Waals surface area contributed by atoms with Gasteiger partial charge in [-0.15, -0.1) is 0 Å². The fourth-order valence-electron chi connectivity index (χ4n) is 1.59. The molecule has 0 aliphatic rings. The minimum atomic E-state index is -3.96. The number of carboxylic acids is 1. The highest BCUT2D eigenvalue weighted by Gasteiger charge is 2.20. The molecule has 0 amide bonds. The largest absolute Gasteiger partial charge is 0.478 e. The topological polar surface area (TPSA) is 110 Å². The average Bonchev–Trinajstić information content (AvgIpc) is 2.82. The van der Waals surface area contributed by atoms with Gasteiger partial charge in [0.15, 0.2) is 0 Å². The van der Waals surface area contributed by atoms with Gasteiger partial charge in [-0.1, -0.05) is 16.8 Å². The van der Waals surface area contributed by atoms with Gasteiger partial charge in [0, 0.05) is 6.07 Å². The molecule has 7 nitrogen and oxygen atoms in total. The Morgan fingerprint density at radius 2 is 2.14 bits per heavy atom. The van der Waals surface area contributed by atoms with Gasteiger partial charge in [0.25, 0.3) is 0 Å². The molecule has 0 aliphatic heterocycles. The van der Waals surface area contributed by atoms with E-state index in [1.165, 1.54) is 12.1 Å². The quantitative estimate of drug-likeness (QED) is 0.865. The van der Waals surface area contributed by atoms with Gasteiger partial charge in [-0.3, -0.25) is 0 Å². The molecule has 0 bridgehead atoms. The molecular formula is C12H11ClN2O5S. The Balaban J connectivity index is 2.26. The molecule has 2 N–H and O–H groups in total. The number of carboxylic acid groups (broad SMARTS) is 1. The van der Waals surface area contributed by atoms with Crippen LogP contribution in [0.5, 0.6) is 0 Å². The van der Waals surface area contributed by atoms with Crippen molar-refractivity contribution in [1.29, 1.82) is 0 Å². The van der Waals surface area contributed by atoms with Gasteiger partial charge in [0.05, 0.1) is 22.8 Å². The average molecular weight is 331 g/mol. The normalized spacial score (nSPS) is 11.5. The van der Waals surface area contributed by atoms with E-state index in [4.69, 9.17) is 21.2 Å². The third-order valence-corrected chi connectivity index (χ3v) is 4.47. The minimum Gasteiger partial charge on any atom is -0.478 e. The van der Waals surface area contributed by atoms with Crippen LogP contribution >= 0.6 is 11.6 Å². The van der Waals surface area contributed by atoms with E-state index >= 15 is 0 Å². The highest BCUT2D eigenvalue weighted by molar-refractivity contribution is 7.89. The Morgan fingerprint density at radius 3 is 2.71 bits per heavy atom. The summed E-state index contributed by atoms with van der Waals surface area (Å²) in [6.45, 7) is 1.59. The van der Waals surface area contributed by atoms with E-state index < -0.39 is 16.0 Å². The van der Waals surface area contributed by atoms with Crippen molar-refractivity contribution in [2.75, 3.05) is 0 Å². The second-order valence-corrected chi connectivity index (χ2v) is 6.35. The molecule has 1 aromatic heterocycles. The number of aromatic nitrogens is 1. The first-order valence-electron chi connectivity index (χ1n) is 5.74. The predicted molar refractivity (Wildman–Crippen MR) is 73.7 cm³/mol. The van der Waals surface area contributed by atoms with Crippen molar-refractivity contribution in [3.8, 4) is 0 Å². The number of sulfonamides is 1. The van der Waals surface area contributed by atoms with Crippen LogP contribution in [-0.2, 0) is 16.6 Å². The molecule has 0 radical (unpaired) electrons. The van der Waals surface area contributed by atoms with Gasteiger partial charge in [0.2, 0.25) is 10.0 Å². The predicted octanol–water partition coefficient (Wildman–Crippen LogP) is 1.81. The summed E-state index contributed by atoms with van der Waals surface area (Å²) in [6, 6.07) is 5.03. The van der Waals surface area contributed by atoms with E-state index in [2.05, 4.69) is 9.88 Å². The smallest absolute Gasteiger partial charge is 0.335 e. The van der Waals surface area contributed by atoms with Gasteiger partial charge in [-0.2, -0.15) is 0 Å². The van der Waals surface area contributed by atoms with Crippen LogP contribution in [0.3, 0.4) is 0 Å². The summed E-state index contributed by atoms with van der Waals surface area (Å²) in [6.07, 6.45) is 0. The third kappa shape index (κ3) is 3.60. The first kappa shape index (κ1) is 15.5. The zero-order valence-electron chi connectivity index (χ0n) is 10.8. The monoisotopic (exact) mass is 330 g/mol. The van der Waals surface area contributed by atoms with Crippen LogP contribution < -0.4 is 4.72 Å². The van der Waals surface area contributed by atoms with Crippen molar-refractivity contribution in [2.45, 2.75) is 18.4 Å². The summed E-state index contributed by atoms with van der Waals surface area (Å²) in [5, 5.41) is 12.5. The van der Waals surface area contributed by atoms with E-state index in [9.17, 15) is 13.2 Å². The van der Waals surface area contributed by atoms with Gasteiger partial charge >= 0.3 is 5.97 Å². The number of hydrogen-bond acceptors (Lipinski definition) is 5. The van der Waals surface area contributed by atoms with E-state index in [1.54, 1.807) is 13.0 Å².